The molecule has 96 valence electrons. The number of carboxylic acids is 2. The number of aliphatic carboxylic acids is 1. The van der Waals surface area contributed by atoms with Crippen molar-refractivity contribution in [3.63, 3.8) is 0 Å². The van der Waals surface area contributed by atoms with Crippen molar-refractivity contribution < 1.29 is 19.8 Å². The van der Waals surface area contributed by atoms with E-state index in [4.69, 9.17) is 5.11 Å². The fourth-order valence-corrected chi connectivity index (χ4v) is 2.04. The summed E-state index contributed by atoms with van der Waals surface area (Å²) in [5.41, 5.74) is 0.858. The van der Waals surface area contributed by atoms with E-state index in [1.807, 2.05) is 0 Å². The Labute approximate surface area is 109 Å². The van der Waals surface area contributed by atoms with Crippen molar-refractivity contribution in [2.75, 3.05) is 0 Å². The molecule has 19 heavy (non-hydrogen) atoms. The first-order valence-electron chi connectivity index (χ1n) is 5.71. The Hall–Kier alpha value is -2.62. The SMILES string of the molecule is O=C(O)c1ccccc1[C@@H](C(=O)O)c1ccccc1. The standard InChI is InChI=1S/C15H12O4/c16-14(17)12-9-5-4-8-11(12)13(15(18)19)10-6-2-1-3-7-10/h1-9,13H,(H,16,17)(H,18,19)/t13-/m0/s1. The van der Waals surface area contributed by atoms with E-state index in [-0.39, 0.29) is 11.1 Å². The van der Waals surface area contributed by atoms with Gasteiger partial charge in [0.2, 0.25) is 0 Å². The lowest BCUT2D eigenvalue weighted by Crippen LogP contribution is -2.16. The van der Waals surface area contributed by atoms with Crippen LogP contribution in [-0.2, 0) is 4.79 Å². The molecule has 0 heterocycles. The average molecular weight is 256 g/mol. The van der Waals surface area contributed by atoms with Crippen molar-refractivity contribution in [2.45, 2.75) is 5.92 Å². The average Bonchev–Trinajstić information content (AvgIpc) is 2.40. The van der Waals surface area contributed by atoms with E-state index in [0.717, 1.165) is 0 Å². The molecule has 2 aromatic carbocycles. The van der Waals surface area contributed by atoms with E-state index in [1.54, 1.807) is 42.5 Å². The molecular formula is C15H12O4. The summed E-state index contributed by atoms with van der Waals surface area (Å²) in [5, 5.41) is 18.5. The lowest BCUT2D eigenvalue weighted by molar-refractivity contribution is -0.137. The van der Waals surface area contributed by atoms with Gasteiger partial charge in [0.05, 0.1) is 5.56 Å². The summed E-state index contributed by atoms with van der Waals surface area (Å²) in [6, 6.07) is 14.8. The van der Waals surface area contributed by atoms with Crippen molar-refractivity contribution in [3.05, 3.63) is 71.3 Å². The van der Waals surface area contributed by atoms with Gasteiger partial charge in [-0.1, -0.05) is 48.5 Å². The van der Waals surface area contributed by atoms with Gasteiger partial charge in [-0.25, -0.2) is 4.79 Å². The zero-order chi connectivity index (χ0) is 13.8. The van der Waals surface area contributed by atoms with Gasteiger partial charge in [-0.2, -0.15) is 0 Å². The molecule has 1 atom stereocenters. The number of hydrogen-bond acceptors (Lipinski definition) is 2. The van der Waals surface area contributed by atoms with E-state index in [0.29, 0.717) is 5.56 Å². The number of carbonyl (C=O) groups is 2. The number of benzene rings is 2. The van der Waals surface area contributed by atoms with E-state index >= 15 is 0 Å². The molecule has 0 saturated heterocycles. The van der Waals surface area contributed by atoms with E-state index in [9.17, 15) is 14.7 Å². The molecule has 0 fully saturated rings. The van der Waals surface area contributed by atoms with Crippen LogP contribution in [0.25, 0.3) is 0 Å². The molecule has 0 aliphatic rings. The molecule has 0 amide bonds. The van der Waals surface area contributed by atoms with Crippen LogP contribution >= 0.6 is 0 Å². The first-order chi connectivity index (χ1) is 9.11. The number of aromatic carboxylic acids is 1. The minimum Gasteiger partial charge on any atom is -0.481 e. The van der Waals surface area contributed by atoms with Gasteiger partial charge in [0, 0.05) is 0 Å². The van der Waals surface area contributed by atoms with Crippen LogP contribution in [0.4, 0.5) is 0 Å². The van der Waals surface area contributed by atoms with Gasteiger partial charge < -0.3 is 10.2 Å². The molecule has 0 saturated carbocycles. The largest absolute Gasteiger partial charge is 0.481 e. The lowest BCUT2D eigenvalue weighted by atomic mass is 9.88. The molecular weight excluding hydrogens is 244 g/mol. The van der Waals surface area contributed by atoms with Crippen LogP contribution in [0.1, 0.15) is 27.4 Å². The summed E-state index contributed by atoms with van der Waals surface area (Å²) in [6.07, 6.45) is 0. The highest BCUT2D eigenvalue weighted by atomic mass is 16.4. The molecule has 0 aromatic heterocycles. The predicted molar refractivity (Wildman–Crippen MR) is 69.3 cm³/mol. The number of rotatable bonds is 4. The van der Waals surface area contributed by atoms with Crippen molar-refractivity contribution in [1.82, 2.24) is 0 Å². The van der Waals surface area contributed by atoms with Gasteiger partial charge >= 0.3 is 11.9 Å². The fourth-order valence-electron chi connectivity index (χ4n) is 2.04. The Morgan fingerprint density at radius 1 is 0.842 bits per heavy atom. The highest BCUT2D eigenvalue weighted by molar-refractivity contribution is 5.93. The Kier molecular flexibility index (Phi) is 3.61. The smallest absolute Gasteiger partial charge is 0.336 e. The first kappa shape index (κ1) is 12.8. The summed E-state index contributed by atoms with van der Waals surface area (Å²) >= 11 is 0. The maximum atomic E-state index is 11.5. The summed E-state index contributed by atoms with van der Waals surface area (Å²) in [5.74, 6) is -3.17. The van der Waals surface area contributed by atoms with Crippen LogP contribution in [0.5, 0.6) is 0 Å². The summed E-state index contributed by atoms with van der Waals surface area (Å²) in [6.45, 7) is 0. The number of carboxylic acid groups (broad SMARTS) is 2. The molecule has 0 aliphatic carbocycles. The normalized spacial score (nSPS) is 11.8. The minimum atomic E-state index is -1.13. The molecule has 0 bridgehead atoms. The second-order valence-electron chi connectivity index (χ2n) is 4.07. The molecule has 2 N–H and O–H groups in total. The van der Waals surface area contributed by atoms with Crippen LogP contribution in [0.3, 0.4) is 0 Å². The Morgan fingerprint density at radius 2 is 1.42 bits per heavy atom. The molecule has 4 nitrogen and oxygen atoms in total. The van der Waals surface area contributed by atoms with E-state index < -0.39 is 17.9 Å². The third-order valence-corrected chi connectivity index (χ3v) is 2.88. The quantitative estimate of drug-likeness (QED) is 0.881. The Bertz CT molecular complexity index is 605. The van der Waals surface area contributed by atoms with Crippen LogP contribution < -0.4 is 0 Å². The van der Waals surface area contributed by atoms with Gasteiger partial charge in [-0.3, -0.25) is 4.79 Å². The lowest BCUT2D eigenvalue weighted by Gasteiger charge is -2.15. The summed E-state index contributed by atoms with van der Waals surface area (Å²) in [4.78, 5) is 22.7. The predicted octanol–water partition coefficient (Wildman–Crippen LogP) is 2.60. The van der Waals surface area contributed by atoms with Crippen LogP contribution in [-0.4, -0.2) is 22.2 Å². The van der Waals surface area contributed by atoms with Crippen molar-refractivity contribution >= 4 is 11.9 Å². The highest BCUT2D eigenvalue weighted by Crippen LogP contribution is 2.27. The molecule has 4 heteroatoms. The van der Waals surface area contributed by atoms with Gasteiger partial charge in [0.1, 0.15) is 5.92 Å². The molecule has 0 radical (unpaired) electrons. The van der Waals surface area contributed by atoms with E-state index in [1.165, 1.54) is 12.1 Å². The third-order valence-electron chi connectivity index (χ3n) is 2.88. The highest BCUT2D eigenvalue weighted by Gasteiger charge is 2.26. The topological polar surface area (TPSA) is 74.6 Å². The molecule has 0 unspecified atom stereocenters. The van der Waals surface area contributed by atoms with Gasteiger partial charge in [0.15, 0.2) is 0 Å². The minimum absolute atomic E-state index is 0.0127. The van der Waals surface area contributed by atoms with Crippen LogP contribution in [0.2, 0.25) is 0 Å². The van der Waals surface area contributed by atoms with Crippen LogP contribution in [0, 0.1) is 0 Å². The van der Waals surface area contributed by atoms with Gasteiger partial charge in [-0.05, 0) is 17.2 Å². The molecule has 2 rings (SSSR count). The van der Waals surface area contributed by atoms with Crippen LogP contribution in [0.15, 0.2) is 54.6 Å². The van der Waals surface area contributed by atoms with Gasteiger partial charge in [0.25, 0.3) is 0 Å². The van der Waals surface area contributed by atoms with Gasteiger partial charge in [-0.15, -0.1) is 0 Å². The number of hydrogen-bond donors (Lipinski definition) is 2. The Balaban J connectivity index is 2.59. The Morgan fingerprint density at radius 3 is 2.00 bits per heavy atom. The third kappa shape index (κ3) is 2.63. The van der Waals surface area contributed by atoms with Crippen molar-refractivity contribution in [1.29, 1.82) is 0 Å². The van der Waals surface area contributed by atoms with Crippen molar-refractivity contribution in [3.8, 4) is 0 Å². The maximum Gasteiger partial charge on any atom is 0.336 e. The van der Waals surface area contributed by atoms with Crippen molar-refractivity contribution in [2.24, 2.45) is 0 Å². The summed E-state index contributed by atoms with van der Waals surface area (Å²) < 4.78 is 0. The fraction of sp³-hybridized carbons (Fsp3) is 0.0667. The second-order valence-corrected chi connectivity index (χ2v) is 4.07. The second kappa shape index (κ2) is 5.35. The molecule has 0 aliphatic heterocycles. The monoisotopic (exact) mass is 256 g/mol. The zero-order valence-electron chi connectivity index (χ0n) is 9.98. The summed E-state index contributed by atoms with van der Waals surface area (Å²) in [7, 11) is 0. The van der Waals surface area contributed by atoms with E-state index in [2.05, 4.69) is 0 Å². The first-order valence-corrected chi connectivity index (χ1v) is 5.71. The molecule has 0 spiro atoms. The molecule has 2 aromatic rings. The maximum absolute atomic E-state index is 11.5. The zero-order valence-corrected chi connectivity index (χ0v) is 9.98.